The Kier molecular flexibility index (Phi) is 4.00. The maximum Gasteiger partial charge on any atom is 0.224 e. The van der Waals surface area contributed by atoms with Crippen LogP contribution in [0.2, 0.25) is 0 Å². The first-order valence-electron chi connectivity index (χ1n) is 7.60. The molecule has 3 heterocycles. The number of hydrogen-bond acceptors (Lipinski definition) is 4. The van der Waals surface area contributed by atoms with Gasteiger partial charge in [0, 0.05) is 37.7 Å². The molecule has 1 unspecified atom stereocenters. The molecule has 1 aromatic heterocycles. The van der Waals surface area contributed by atoms with Crippen LogP contribution in [0.4, 0.5) is 0 Å². The van der Waals surface area contributed by atoms with Gasteiger partial charge in [0.25, 0.3) is 0 Å². The molecule has 6 nitrogen and oxygen atoms in total. The van der Waals surface area contributed by atoms with Crippen molar-refractivity contribution in [2.24, 2.45) is 5.41 Å². The Hall–Kier alpha value is -1.43. The third kappa shape index (κ3) is 3.00. The molecule has 0 aliphatic carbocycles. The Morgan fingerprint density at radius 2 is 2.25 bits per heavy atom. The summed E-state index contributed by atoms with van der Waals surface area (Å²) in [6.07, 6.45) is 8.86. The van der Waals surface area contributed by atoms with Crippen LogP contribution in [0.1, 0.15) is 32.1 Å². The van der Waals surface area contributed by atoms with Gasteiger partial charge < -0.3 is 10.2 Å². The molecule has 1 spiro atoms. The summed E-state index contributed by atoms with van der Waals surface area (Å²) in [5.41, 5.74) is 0.333. The minimum Gasteiger partial charge on any atom is -0.342 e. The van der Waals surface area contributed by atoms with Crippen molar-refractivity contribution in [2.75, 3.05) is 26.2 Å². The van der Waals surface area contributed by atoms with Crippen molar-refractivity contribution in [1.29, 1.82) is 0 Å². The van der Waals surface area contributed by atoms with Crippen molar-refractivity contribution in [1.82, 2.24) is 25.2 Å². The molecule has 20 heavy (non-hydrogen) atoms. The molecule has 0 saturated carbocycles. The predicted molar refractivity (Wildman–Crippen MR) is 75.0 cm³/mol. The molecular weight excluding hydrogens is 254 g/mol. The molecule has 0 radical (unpaired) electrons. The molecule has 3 rings (SSSR count). The van der Waals surface area contributed by atoms with E-state index in [2.05, 4.69) is 20.5 Å². The summed E-state index contributed by atoms with van der Waals surface area (Å²) in [5.74, 6) is 0.255. The van der Waals surface area contributed by atoms with E-state index in [4.69, 9.17) is 0 Å². The molecule has 2 aliphatic rings. The Bertz CT molecular complexity index is 433. The number of aryl methyl sites for hydroxylation is 1. The van der Waals surface area contributed by atoms with Crippen LogP contribution in [0.3, 0.4) is 0 Å². The van der Waals surface area contributed by atoms with Crippen LogP contribution in [0, 0.1) is 5.41 Å². The summed E-state index contributed by atoms with van der Waals surface area (Å²) in [7, 11) is 0. The quantitative estimate of drug-likeness (QED) is 0.881. The summed E-state index contributed by atoms with van der Waals surface area (Å²) in [5, 5.41) is 11.2. The summed E-state index contributed by atoms with van der Waals surface area (Å²) in [6.45, 7) is 4.66. The molecule has 1 amide bonds. The largest absolute Gasteiger partial charge is 0.342 e. The van der Waals surface area contributed by atoms with Crippen LogP contribution >= 0.6 is 0 Å². The van der Waals surface area contributed by atoms with Crippen molar-refractivity contribution >= 4 is 5.91 Å². The lowest BCUT2D eigenvalue weighted by Crippen LogP contribution is -2.52. The highest BCUT2D eigenvalue weighted by molar-refractivity contribution is 5.76. The van der Waals surface area contributed by atoms with Crippen molar-refractivity contribution in [3.8, 4) is 0 Å². The van der Waals surface area contributed by atoms with Gasteiger partial charge in [-0.25, -0.2) is 0 Å². The number of nitrogens with zero attached hydrogens (tertiary/aromatic N) is 4. The fraction of sp³-hybridized carbons (Fsp3) is 0.786. The number of piperidine rings is 2. The number of hydrogen-bond donors (Lipinski definition) is 1. The van der Waals surface area contributed by atoms with Gasteiger partial charge in [-0.1, -0.05) is 5.21 Å². The molecule has 1 atom stereocenters. The van der Waals surface area contributed by atoms with E-state index in [1.807, 2.05) is 0 Å². The van der Waals surface area contributed by atoms with Crippen LogP contribution in [0.25, 0.3) is 0 Å². The smallest absolute Gasteiger partial charge is 0.224 e. The molecular formula is C14H23N5O. The summed E-state index contributed by atoms with van der Waals surface area (Å²) < 4.78 is 1.72. The first-order chi connectivity index (χ1) is 9.77. The summed E-state index contributed by atoms with van der Waals surface area (Å²) in [6, 6.07) is 0. The first-order valence-corrected chi connectivity index (χ1v) is 7.60. The van der Waals surface area contributed by atoms with E-state index < -0.39 is 0 Å². The van der Waals surface area contributed by atoms with E-state index in [1.54, 1.807) is 17.1 Å². The zero-order valence-electron chi connectivity index (χ0n) is 11.9. The Balaban J connectivity index is 1.54. The van der Waals surface area contributed by atoms with Crippen molar-refractivity contribution in [2.45, 2.75) is 38.6 Å². The number of aromatic nitrogens is 3. The Labute approximate surface area is 119 Å². The summed E-state index contributed by atoms with van der Waals surface area (Å²) in [4.78, 5) is 14.4. The number of nitrogens with one attached hydrogen (secondary N) is 1. The van der Waals surface area contributed by atoms with Gasteiger partial charge >= 0.3 is 0 Å². The third-order valence-corrected chi connectivity index (χ3v) is 4.60. The van der Waals surface area contributed by atoms with E-state index in [9.17, 15) is 4.79 Å². The van der Waals surface area contributed by atoms with Gasteiger partial charge in [-0.3, -0.25) is 9.48 Å². The molecule has 2 saturated heterocycles. The number of rotatable bonds is 3. The van der Waals surface area contributed by atoms with Gasteiger partial charge in [0.1, 0.15) is 0 Å². The van der Waals surface area contributed by atoms with Gasteiger partial charge in [0.15, 0.2) is 0 Å². The average molecular weight is 277 g/mol. The van der Waals surface area contributed by atoms with Gasteiger partial charge in [0.05, 0.1) is 12.7 Å². The molecule has 0 aromatic carbocycles. The van der Waals surface area contributed by atoms with Crippen LogP contribution in [0.15, 0.2) is 12.4 Å². The topological polar surface area (TPSA) is 63.1 Å². The van der Waals surface area contributed by atoms with E-state index in [1.165, 1.54) is 19.3 Å². The molecule has 110 valence electrons. The fourth-order valence-corrected chi connectivity index (χ4v) is 3.52. The molecule has 2 aliphatic heterocycles. The highest BCUT2D eigenvalue weighted by Crippen LogP contribution is 2.35. The molecule has 2 fully saturated rings. The number of amides is 1. The van der Waals surface area contributed by atoms with Gasteiger partial charge in [-0.05, 0) is 32.2 Å². The van der Waals surface area contributed by atoms with Crippen molar-refractivity contribution in [3.05, 3.63) is 12.4 Å². The Morgan fingerprint density at radius 3 is 3.00 bits per heavy atom. The van der Waals surface area contributed by atoms with E-state index in [0.717, 1.165) is 32.6 Å². The Morgan fingerprint density at radius 1 is 1.35 bits per heavy atom. The summed E-state index contributed by atoms with van der Waals surface area (Å²) >= 11 is 0. The molecule has 6 heteroatoms. The second-order valence-corrected chi connectivity index (χ2v) is 6.12. The fourth-order valence-electron chi connectivity index (χ4n) is 3.52. The van der Waals surface area contributed by atoms with Crippen LogP contribution in [-0.2, 0) is 11.3 Å². The van der Waals surface area contributed by atoms with Crippen molar-refractivity contribution in [3.63, 3.8) is 0 Å². The number of carbonyl (C=O) groups is 1. The SMILES string of the molecule is O=C(CCn1ccnn1)N1CCCC2(CCCNC2)C1. The lowest BCUT2D eigenvalue weighted by Gasteiger charge is -2.45. The highest BCUT2D eigenvalue weighted by Gasteiger charge is 2.37. The van der Waals surface area contributed by atoms with Crippen LogP contribution in [0.5, 0.6) is 0 Å². The maximum absolute atomic E-state index is 12.4. The second-order valence-electron chi connectivity index (χ2n) is 6.12. The van der Waals surface area contributed by atoms with E-state index >= 15 is 0 Å². The number of likely N-dealkylation sites (tertiary alicyclic amines) is 1. The van der Waals surface area contributed by atoms with Gasteiger partial charge in [-0.15, -0.1) is 5.10 Å². The van der Waals surface area contributed by atoms with Gasteiger partial charge in [-0.2, -0.15) is 0 Å². The highest BCUT2D eigenvalue weighted by atomic mass is 16.2. The predicted octanol–water partition coefficient (Wildman–Crippen LogP) is 0.660. The maximum atomic E-state index is 12.4. The zero-order chi connectivity index (χ0) is 13.8. The van der Waals surface area contributed by atoms with E-state index in [-0.39, 0.29) is 5.91 Å². The second kappa shape index (κ2) is 5.91. The van der Waals surface area contributed by atoms with Crippen molar-refractivity contribution < 1.29 is 4.79 Å². The lowest BCUT2D eigenvalue weighted by atomic mass is 9.74. The monoisotopic (exact) mass is 277 g/mol. The standard InChI is InChI=1S/C14H23N5O/c20-13(3-9-19-10-7-16-17-19)18-8-2-5-14(12-18)4-1-6-15-11-14/h7,10,15H,1-6,8-9,11-12H2. The molecule has 1 N–H and O–H groups in total. The number of carbonyl (C=O) groups excluding carboxylic acids is 1. The third-order valence-electron chi connectivity index (χ3n) is 4.60. The van der Waals surface area contributed by atoms with Crippen LogP contribution < -0.4 is 5.32 Å². The molecule has 0 bridgehead atoms. The minimum atomic E-state index is 0.255. The zero-order valence-corrected chi connectivity index (χ0v) is 11.9. The normalized spacial score (nSPS) is 26.9. The minimum absolute atomic E-state index is 0.255. The molecule has 1 aromatic rings. The van der Waals surface area contributed by atoms with Crippen LogP contribution in [-0.4, -0.2) is 52.0 Å². The average Bonchev–Trinajstić information content (AvgIpc) is 2.99. The first kappa shape index (κ1) is 13.5. The van der Waals surface area contributed by atoms with E-state index in [0.29, 0.717) is 18.4 Å². The lowest BCUT2D eigenvalue weighted by molar-refractivity contribution is -0.135. The van der Waals surface area contributed by atoms with Gasteiger partial charge in [0.2, 0.25) is 5.91 Å².